The molecule has 0 aromatic heterocycles. The van der Waals surface area contributed by atoms with Crippen molar-refractivity contribution in [3.05, 3.63) is 35.4 Å². The molecule has 1 N–H and O–H groups in total. The van der Waals surface area contributed by atoms with Crippen LogP contribution < -0.4 is 0 Å². The normalized spacial score (nSPS) is 14.9. The molecular weight excluding hydrogens is 254 g/mol. The molecule has 1 heterocycles. The van der Waals surface area contributed by atoms with Gasteiger partial charge < -0.3 is 5.11 Å². The lowest BCUT2D eigenvalue weighted by molar-refractivity contribution is -0.148. The highest BCUT2D eigenvalue weighted by Gasteiger charge is 2.25. The Balaban J connectivity index is 2.02. The predicted molar refractivity (Wildman–Crippen MR) is 74.4 cm³/mol. The van der Waals surface area contributed by atoms with E-state index in [1.165, 1.54) is 4.90 Å². The van der Waals surface area contributed by atoms with Gasteiger partial charge >= 0.3 is 0 Å². The van der Waals surface area contributed by atoms with Gasteiger partial charge in [-0.25, -0.2) is 0 Å². The average molecular weight is 271 g/mol. The lowest BCUT2D eigenvalue weighted by Gasteiger charge is -2.24. The van der Waals surface area contributed by atoms with Crippen molar-refractivity contribution in [3.63, 3.8) is 0 Å². The number of aliphatic hydroxyl groups is 1. The summed E-state index contributed by atoms with van der Waals surface area (Å²) in [5.74, 6) is 5.60. The topological polar surface area (TPSA) is 57.6 Å². The number of benzene rings is 1. The molecule has 1 aliphatic heterocycles. The van der Waals surface area contributed by atoms with Gasteiger partial charge in [-0.3, -0.25) is 14.5 Å². The first-order valence-electron chi connectivity index (χ1n) is 6.72. The van der Waals surface area contributed by atoms with Gasteiger partial charge in [0.2, 0.25) is 11.8 Å². The van der Waals surface area contributed by atoms with Gasteiger partial charge in [0.1, 0.15) is 0 Å². The molecule has 2 amide bonds. The average Bonchev–Trinajstić information content (AvgIpc) is 2.45. The molecule has 0 saturated carbocycles. The second-order valence-corrected chi connectivity index (χ2v) is 4.70. The van der Waals surface area contributed by atoms with Crippen LogP contribution in [0.1, 0.15) is 36.8 Å². The van der Waals surface area contributed by atoms with Gasteiger partial charge in [-0.1, -0.05) is 24.0 Å². The highest BCUT2D eigenvalue weighted by atomic mass is 16.2. The van der Waals surface area contributed by atoms with E-state index in [0.29, 0.717) is 32.2 Å². The van der Waals surface area contributed by atoms with E-state index >= 15 is 0 Å². The predicted octanol–water partition coefficient (Wildman–Crippen LogP) is 1.46. The van der Waals surface area contributed by atoms with E-state index in [9.17, 15) is 9.59 Å². The van der Waals surface area contributed by atoms with Gasteiger partial charge in [0.05, 0.1) is 13.2 Å². The number of piperidine rings is 1. The summed E-state index contributed by atoms with van der Waals surface area (Å²) in [4.78, 5) is 24.7. The van der Waals surface area contributed by atoms with Crippen molar-refractivity contribution in [1.29, 1.82) is 0 Å². The van der Waals surface area contributed by atoms with Gasteiger partial charge in [-0.15, -0.1) is 0 Å². The molecular formula is C16H17NO3. The quantitative estimate of drug-likeness (QED) is 0.669. The van der Waals surface area contributed by atoms with Gasteiger partial charge in [-0.2, -0.15) is 0 Å². The van der Waals surface area contributed by atoms with Crippen LogP contribution in [0.15, 0.2) is 24.3 Å². The number of hydrogen-bond donors (Lipinski definition) is 1. The molecule has 0 atom stereocenters. The van der Waals surface area contributed by atoms with E-state index in [1.807, 2.05) is 24.3 Å². The second-order valence-electron chi connectivity index (χ2n) is 4.70. The minimum Gasteiger partial charge on any atom is -0.395 e. The first-order valence-corrected chi connectivity index (χ1v) is 6.72. The summed E-state index contributed by atoms with van der Waals surface area (Å²) >= 11 is 0. The Hall–Kier alpha value is -2.12. The number of imide groups is 1. The zero-order valence-electron chi connectivity index (χ0n) is 11.3. The molecule has 2 rings (SSSR count). The number of amides is 2. The van der Waals surface area contributed by atoms with Gasteiger partial charge in [-0.05, 0) is 24.1 Å². The molecule has 0 spiro atoms. The van der Waals surface area contributed by atoms with Crippen molar-refractivity contribution in [1.82, 2.24) is 4.90 Å². The van der Waals surface area contributed by atoms with E-state index in [1.54, 1.807) is 0 Å². The van der Waals surface area contributed by atoms with Crippen LogP contribution >= 0.6 is 0 Å². The fourth-order valence-corrected chi connectivity index (χ4v) is 2.07. The summed E-state index contributed by atoms with van der Waals surface area (Å²) < 4.78 is 0. The largest absolute Gasteiger partial charge is 0.395 e. The van der Waals surface area contributed by atoms with Crippen molar-refractivity contribution >= 4 is 11.8 Å². The number of likely N-dealkylation sites (tertiary alicyclic amines) is 1. The summed E-state index contributed by atoms with van der Waals surface area (Å²) in [6.45, 7) is 0.395. The lowest BCUT2D eigenvalue weighted by atomic mass is 10.1. The molecule has 4 heteroatoms. The minimum absolute atomic E-state index is 0.0598. The van der Waals surface area contributed by atoms with Crippen LogP contribution in [-0.2, 0) is 16.1 Å². The summed E-state index contributed by atoms with van der Waals surface area (Å²) in [6, 6.07) is 7.47. The molecule has 0 aliphatic carbocycles. The molecule has 1 saturated heterocycles. The van der Waals surface area contributed by atoms with Crippen molar-refractivity contribution in [2.24, 2.45) is 0 Å². The third-order valence-corrected chi connectivity index (χ3v) is 3.15. The molecule has 4 nitrogen and oxygen atoms in total. The van der Waals surface area contributed by atoms with Crippen molar-refractivity contribution in [2.45, 2.75) is 32.2 Å². The summed E-state index contributed by atoms with van der Waals surface area (Å²) in [5.41, 5.74) is 1.78. The number of rotatable bonds is 3. The number of carbonyl (C=O) groups is 2. The number of nitrogens with zero attached hydrogens (tertiary/aromatic N) is 1. The van der Waals surface area contributed by atoms with Crippen LogP contribution in [0.4, 0.5) is 0 Å². The van der Waals surface area contributed by atoms with E-state index in [2.05, 4.69) is 11.8 Å². The first-order chi connectivity index (χ1) is 9.70. The summed E-state index contributed by atoms with van der Waals surface area (Å²) in [5, 5.41) is 8.65. The first kappa shape index (κ1) is 14.3. The van der Waals surface area contributed by atoms with Crippen LogP contribution in [0, 0.1) is 11.8 Å². The summed E-state index contributed by atoms with van der Waals surface area (Å²) in [6.07, 6.45) is 2.03. The smallest absolute Gasteiger partial charge is 0.229 e. The fraction of sp³-hybridized carbons (Fsp3) is 0.375. The Morgan fingerprint density at radius 1 is 1.10 bits per heavy atom. The van der Waals surface area contributed by atoms with Crippen LogP contribution in [0.5, 0.6) is 0 Å². The van der Waals surface area contributed by atoms with Crippen LogP contribution in [-0.4, -0.2) is 28.4 Å². The van der Waals surface area contributed by atoms with Crippen LogP contribution in [0.3, 0.4) is 0 Å². The molecule has 0 unspecified atom stereocenters. The fourth-order valence-electron chi connectivity index (χ4n) is 2.07. The number of carbonyl (C=O) groups excluding carboxylic acids is 2. The maximum absolute atomic E-state index is 11.7. The molecule has 1 aliphatic rings. The molecule has 0 radical (unpaired) electrons. The SMILES string of the molecule is O=C1CCCC(=O)N1Cc1ccc(C#CCCO)cc1. The second kappa shape index (κ2) is 6.88. The Kier molecular flexibility index (Phi) is 4.91. The highest BCUT2D eigenvalue weighted by Crippen LogP contribution is 2.16. The molecule has 1 fully saturated rings. The third-order valence-electron chi connectivity index (χ3n) is 3.15. The van der Waals surface area contributed by atoms with Crippen LogP contribution in [0.25, 0.3) is 0 Å². The maximum atomic E-state index is 11.7. The zero-order chi connectivity index (χ0) is 14.4. The summed E-state index contributed by atoms with van der Waals surface area (Å²) in [7, 11) is 0. The van der Waals surface area contributed by atoms with Crippen molar-refractivity contribution in [2.75, 3.05) is 6.61 Å². The van der Waals surface area contributed by atoms with E-state index < -0.39 is 0 Å². The maximum Gasteiger partial charge on any atom is 0.229 e. The Morgan fingerprint density at radius 3 is 2.35 bits per heavy atom. The van der Waals surface area contributed by atoms with Gasteiger partial charge in [0.15, 0.2) is 0 Å². The van der Waals surface area contributed by atoms with E-state index in [-0.39, 0.29) is 18.4 Å². The number of hydrogen-bond acceptors (Lipinski definition) is 3. The molecule has 1 aromatic carbocycles. The van der Waals surface area contributed by atoms with Crippen molar-refractivity contribution in [3.8, 4) is 11.8 Å². The Bertz CT molecular complexity index is 535. The molecule has 104 valence electrons. The zero-order valence-corrected chi connectivity index (χ0v) is 11.3. The van der Waals surface area contributed by atoms with Crippen LogP contribution in [0.2, 0.25) is 0 Å². The molecule has 20 heavy (non-hydrogen) atoms. The van der Waals surface area contributed by atoms with Gasteiger partial charge in [0.25, 0.3) is 0 Å². The lowest BCUT2D eigenvalue weighted by Crippen LogP contribution is -2.39. The standard InChI is InChI=1S/C16H17NO3/c18-11-2-1-4-13-7-9-14(10-8-13)12-17-15(19)5-3-6-16(17)20/h7-10,18H,2-3,5-6,11-12H2. The van der Waals surface area contributed by atoms with E-state index in [0.717, 1.165) is 11.1 Å². The third kappa shape index (κ3) is 3.69. The van der Waals surface area contributed by atoms with Gasteiger partial charge in [0, 0.05) is 24.8 Å². The Labute approximate surface area is 118 Å². The number of aliphatic hydroxyl groups excluding tert-OH is 1. The molecule has 1 aromatic rings. The minimum atomic E-state index is -0.0898. The van der Waals surface area contributed by atoms with E-state index in [4.69, 9.17) is 5.11 Å². The van der Waals surface area contributed by atoms with Crippen molar-refractivity contribution < 1.29 is 14.7 Å². The molecule has 0 bridgehead atoms. The monoisotopic (exact) mass is 271 g/mol. The highest BCUT2D eigenvalue weighted by molar-refractivity contribution is 5.97. The Morgan fingerprint density at radius 2 is 1.75 bits per heavy atom.